The molecule has 6 heteroatoms. The van der Waals surface area contributed by atoms with Crippen LogP contribution >= 0.6 is 0 Å². The van der Waals surface area contributed by atoms with E-state index in [1.165, 1.54) is 0 Å². The number of carbonyl (C=O) groups is 2. The minimum Gasteiger partial charge on any atom is -0.353 e. The maximum absolute atomic E-state index is 12.9. The normalized spacial score (nSPS) is 11.6. The van der Waals surface area contributed by atoms with Gasteiger partial charge in [0.1, 0.15) is 6.04 Å². The average molecular weight is 459 g/mol. The number of rotatable bonds is 11. The molecular formula is C28H34N4O2. The lowest BCUT2D eigenvalue weighted by Crippen LogP contribution is -2.50. The molecule has 0 aliphatic heterocycles. The maximum atomic E-state index is 12.9. The number of anilines is 1. The van der Waals surface area contributed by atoms with Crippen LogP contribution in [-0.4, -0.2) is 49.1 Å². The van der Waals surface area contributed by atoms with Crippen molar-refractivity contribution in [1.29, 1.82) is 0 Å². The van der Waals surface area contributed by atoms with Crippen molar-refractivity contribution < 1.29 is 9.59 Å². The predicted molar refractivity (Wildman–Crippen MR) is 139 cm³/mol. The van der Waals surface area contributed by atoms with Gasteiger partial charge in [-0.2, -0.15) is 0 Å². The van der Waals surface area contributed by atoms with E-state index in [1.807, 2.05) is 84.9 Å². The van der Waals surface area contributed by atoms with Gasteiger partial charge >= 0.3 is 6.03 Å². The van der Waals surface area contributed by atoms with Crippen LogP contribution in [0.4, 0.5) is 10.5 Å². The number of hydrogen-bond donors (Lipinski definition) is 3. The molecule has 0 aliphatic rings. The summed E-state index contributed by atoms with van der Waals surface area (Å²) in [6.07, 6.45) is 0.415. The van der Waals surface area contributed by atoms with Crippen molar-refractivity contribution in [1.82, 2.24) is 15.5 Å². The van der Waals surface area contributed by atoms with Crippen molar-refractivity contribution in [3.63, 3.8) is 0 Å². The Bertz CT molecular complexity index is 1020. The molecule has 3 aromatic rings. The summed E-state index contributed by atoms with van der Waals surface area (Å²) >= 11 is 0. The van der Waals surface area contributed by atoms with E-state index in [0.717, 1.165) is 36.3 Å². The molecule has 0 bridgehead atoms. The lowest BCUT2D eigenvalue weighted by molar-refractivity contribution is -0.122. The van der Waals surface area contributed by atoms with E-state index >= 15 is 0 Å². The quantitative estimate of drug-likeness (QED) is 0.395. The number of nitrogens with one attached hydrogen (secondary N) is 3. The van der Waals surface area contributed by atoms with E-state index in [9.17, 15) is 9.59 Å². The van der Waals surface area contributed by atoms with Gasteiger partial charge in [-0.1, -0.05) is 86.6 Å². The molecule has 0 heterocycles. The van der Waals surface area contributed by atoms with Crippen LogP contribution in [0.2, 0.25) is 0 Å². The lowest BCUT2D eigenvalue weighted by atomic mass is 10.1. The predicted octanol–water partition coefficient (Wildman–Crippen LogP) is 4.54. The van der Waals surface area contributed by atoms with Gasteiger partial charge in [-0.3, -0.25) is 4.79 Å². The van der Waals surface area contributed by atoms with E-state index < -0.39 is 12.1 Å². The van der Waals surface area contributed by atoms with Crippen LogP contribution in [0.1, 0.15) is 19.4 Å². The molecule has 0 spiro atoms. The molecule has 34 heavy (non-hydrogen) atoms. The average Bonchev–Trinajstić information content (AvgIpc) is 2.87. The molecule has 0 radical (unpaired) electrons. The number of benzene rings is 3. The van der Waals surface area contributed by atoms with Crippen LogP contribution in [0.5, 0.6) is 0 Å². The standard InChI is InChI=1S/C28H34N4O2/c1-3-32(4-2)20-19-29-27(33)26(21-22-11-7-5-8-12-22)31-28(34)30-25-17-15-24(16-18-25)23-13-9-6-10-14-23/h5-18,26H,3-4,19-21H2,1-2H3,(H,29,33)(H2,30,31,34). The Balaban J connectivity index is 1.61. The number of likely N-dealkylation sites (N-methyl/N-ethyl adjacent to an activating group) is 1. The molecule has 1 atom stereocenters. The molecular weight excluding hydrogens is 424 g/mol. The molecule has 0 saturated heterocycles. The first-order valence-corrected chi connectivity index (χ1v) is 11.9. The SMILES string of the molecule is CCN(CC)CCNC(=O)C(Cc1ccccc1)NC(=O)Nc1ccc(-c2ccccc2)cc1. The largest absolute Gasteiger partial charge is 0.353 e. The van der Waals surface area contributed by atoms with Crippen LogP contribution in [0.3, 0.4) is 0 Å². The Kier molecular flexibility index (Phi) is 9.67. The summed E-state index contributed by atoms with van der Waals surface area (Å²) in [6, 6.07) is 26.3. The molecule has 0 aromatic heterocycles. The Morgan fingerprint density at radius 2 is 1.38 bits per heavy atom. The molecule has 0 fully saturated rings. The highest BCUT2D eigenvalue weighted by Gasteiger charge is 2.21. The van der Waals surface area contributed by atoms with Crippen LogP contribution < -0.4 is 16.0 Å². The summed E-state index contributed by atoms with van der Waals surface area (Å²) in [5.41, 5.74) is 3.83. The lowest BCUT2D eigenvalue weighted by Gasteiger charge is -2.21. The summed E-state index contributed by atoms with van der Waals surface area (Å²) in [6.45, 7) is 7.38. The van der Waals surface area contributed by atoms with Gasteiger partial charge in [-0.15, -0.1) is 0 Å². The van der Waals surface area contributed by atoms with E-state index in [-0.39, 0.29) is 5.91 Å². The fourth-order valence-electron chi connectivity index (χ4n) is 3.76. The first kappa shape index (κ1) is 25.0. The van der Waals surface area contributed by atoms with Gasteiger partial charge in [-0.05, 0) is 41.9 Å². The van der Waals surface area contributed by atoms with Crippen LogP contribution in [0.25, 0.3) is 11.1 Å². The van der Waals surface area contributed by atoms with Crippen LogP contribution in [-0.2, 0) is 11.2 Å². The van der Waals surface area contributed by atoms with Gasteiger partial charge in [0.05, 0.1) is 0 Å². The first-order valence-electron chi connectivity index (χ1n) is 11.9. The van der Waals surface area contributed by atoms with Crippen LogP contribution in [0.15, 0.2) is 84.9 Å². The van der Waals surface area contributed by atoms with Crippen molar-refractivity contribution in [3.8, 4) is 11.1 Å². The topological polar surface area (TPSA) is 73.5 Å². The fourth-order valence-corrected chi connectivity index (χ4v) is 3.76. The van der Waals surface area contributed by atoms with E-state index in [4.69, 9.17) is 0 Å². The Morgan fingerprint density at radius 3 is 2.00 bits per heavy atom. The molecule has 3 rings (SSSR count). The number of hydrogen-bond acceptors (Lipinski definition) is 3. The monoisotopic (exact) mass is 458 g/mol. The smallest absolute Gasteiger partial charge is 0.319 e. The second kappa shape index (κ2) is 13.2. The van der Waals surface area contributed by atoms with Crippen molar-refractivity contribution in [3.05, 3.63) is 90.5 Å². The summed E-state index contributed by atoms with van der Waals surface area (Å²) < 4.78 is 0. The molecule has 0 aliphatic carbocycles. The molecule has 178 valence electrons. The Morgan fingerprint density at radius 1 is 0.794 bits per heavy atom. The third-order valence-electron chi connectivity index (χ3n) is 5.78. The molecule has 3 amide bonds. The van der Waals surface area contributed by atoms with Gasteiger partial charge in [0.25, 0.3) is 0 Å². The second-order valence-electron chi connectivity index (χ2n) is 8.10. The van der Waals surface area contributed by atoms with Crippen molar-refractivity contribution in [2.24, 2.45) is 0 Å². The van der Waals surface area contributed by atoms with Crippen LogP contribution in [0, 0.1) is 0 Å². The zero-order valence-corrected chi connectivity index (χ0v) is 20.0. The van der Waals surface area contributed by atoms with E-state index in [2.05, 4.69) is 34.7 Å². The number of nitrogens with zero attached hydrogens (tertiary/aromatic N) is 1. The summed E-state index contributed by atoms with van der Waals surface area (Å²) in [7, 11) is 0. The van der Waals surface area contributed by atoms with Crippen molar-refractivity contribution >= 4 is 17.6 Å². The third kappa shape index (κ3) is 7.74. The fraction of sp³-hybridized carbons (Fsp3) is 0.286. The molecule has 3 N–H and O–H groups in total. The third-order valence-corrected chi connectivity index (χ3v) is 5.78. The zero-order chi connectivity index (χ0) is 24.2. The molecule has 6 nitrogen and oxygen atoms in total. The van der Waals surface area contributed by atoms with E-state index in [0.29, 0.717) is 18.7 Å². The highest BCUT2D eigenvalue weighted by Crippen LogP contribution is 2.21. The van der Waals surface area contributed by atoms with Gasteiger partial charge in [0.15, 0.2) is 0 Å². The van der Waals surface area contributed by atoms with Gasteiger partial charge < -0.3 is 20.9 Å². The summed E-state index contributed by atoms with van der Waals surface area (Å²) in [5, 5.41) is 8.67. The van der Waals surface area contributed by atoms with Gasteiger partial charge in [-0.25, -0.2) is 4.79 Å². The molecule has 0 saturated carbocycles. The number of urea groups is 1. The highest BCUT2D eigenvalue weighted by molar-refractivity contribution is 5.94. The minimum atomic E-state index is -0.678. The van der Waals surface area contributed by atoms with Gasteiger partial charge in [0.2, 0.25) is 5.91 Å². The maximum Gasteiger partial charge on any atom is 0.319 e. The minimum absolute atomic E-state index is 0.189. The highest BCUT2D eigenvalue weighted by atomic mass is 16.2. The Hall–Kier alpha value is -3.64. The van der Waals surface area contributed by atoms with Crippen molar-refractivity contribution in [2.45, 2.75) is 26.3 Å². The van der Waals surface area contributed by atoms with Gasteiger partial charge in [0, 0.05) is 25.2 Å². The second-order valence-corrected chi connectivity index (χ2v) is 8.10. The molecule has 1 unspecified atom stereocenters. The number of amides is 3. The van der Waals surface area contributed by atoms with Crippen molar-refractivity contribution in [2.75, 3.05) is 31.5 Å². The van der Waals surface area contributed by atoms with E-state index in [1.54, 1.807) is 0 Å². The summed E-state index contributed by atoms with van der Waals surface area (Å²) in [4.78, 5) is 27.9. The molecule has 3 aromatic carbocycles. The first-order chi connectivity index (χ1) is 16.6. The number of carbonyl (C=O) groups excluding carboxylic acids is 2. The zero-order valence-electron chi connectivity index (χ0n) is 20.0. The summed E-state index contributed by atoms with van der Waals surface area (Å²) in [5.74, 6) is -0.189. The Labute approximate surface area is 202 Å².